The molecule has 0 unspecified atom stereocenters. The first-order chi connectivity index (χ1) is 9.69. The number of pyridine rings is 1. The van der Waals surface area contributed by atoms with Crippen LogP contribution in [-0.4, -0.2) is 30.5 Å². The number of hydrogen-bond acceptors (Lipinski definition) is 4. The van der Waals surface area contributed by atoms with E-state index in [4.69, 9.17) is 0 Å². The van der Waals surface area contributed by atoms with Crippen LogP contribution in [0.5, 0.6) is 0 Å². The van der Waals surface area contributed by atoms with Crippen molar-refractivity contribution in [2.75, 3.05) is 24.5 Å². The molecule has 20 heavy (non-hydrogen) atoms. The summed E-state index contributed by atoms with van der Waals surface area (Å²) < 4.78 is 0. The lowest BCUT2D eigenvalue weighted by Crippen LogP contribution is -2.38. The number of nitrogens with one attached hydrogen (secondary N) is 1. The van der Waals surface area contributed by atoms with Crippen molar-refractivity contribution in [2.24, 2.45) is 0 Å². The monoisotopic (exact) mass is 272 g/mol. The average Bonchev–Trinajstić information content (AvgIpc) is 2.90. The highest BCUT2D eigenvalue weighted by molar-refractivity contribution is 5.81. The van der Waals surface area contributed by atoms with Crippen molar-refractivity contribution >= 4 is 11.7 Å². The van der Waals surface area contributed by atoms with E-state index >= 15 is 0 Å². The summed E-state index contributed by atoms with van der Waals surface area (Å²) >= 11 is 0. The Kier molecular flexibility index (Phi) is 4.57. The summed E-state index contributed by atoms with van der Waals surface area (Å²) in [6, 6.07) is 4.15. The third-order valence-corrected chi connectivity index (χ3v) is 3.54. The van der Waals surface area contributed by atoms with Gasteiger partial charge in [0.05, 0.1) is 12.1 Å². The second-order valence-corrected chi connectivity index (χ2v) is 4.90. The quantitative estimate of drug-likeness (QED) is 0.879. The Balaban J connectivity index is 2.29. The van der Waals surface area contributed by atoms with E-state index in [1.165, 1.54) is 5.56 Å². The second-order valence-electron chi connectivity index (χ2n) is 4.90. The first-order valence-corrected chi connectivity index (χ1v) is 7.14. The van der Waals surface area contributed by atoms with Crippen molar-refractivity contribution in [3.8, 4) is 6.07 Å². The van der Waals surface area contributed by atoms with Gasteiger partial charge in [0.25, 0.3) is 0 Å². The molecule has 0 radical (unpaired) electrons. The van der Waals surface area contributed by atoms with E-state index in [2.05, 4.69) is 16.4 Å². The van der Waals surface area contributed by atoms with Gasteiger partial charge in [-0.05, 0) is 44.7 Å². The third-order valence-electron chi connectivity index (χ3n) is 3.54. The molecule has 1 heterocycles. The number of nitrogens with zero attached hydrogens (tertiary/aromatic N) is 3. The lowest BCUT2D eigenvalue weighted by atomic mass is 10.1. The van der Waals surface area contributed by atoms with Gasteiger partial charge in [0, 0.05) is 18.8 Å². The number of anilines is 1. The maximum absolute atomic E-state index is 11.8. The maximum atomic E-state index is 11.8. The van der Waals surface area contributed by atoms with E-state index in [-0.39, 0.29) is 12.5 Å². The SMILES string of the molecule is CCNC(=O)CN(CC)c1nc2c(cc1C#N)CCC2. The van der Waals surface area contributed by atoms with Gasteiger partial charge in [-0.3, -0.25) is 4.79 Å². The fraction of sp³-hybridized carbons (Fsp3) is 0.533. The van der Waals surface area contributed by atoms with Crippen LogP contribution in [0.3, 0.4) is 0 Å². The molecule has 1 aliphatic carbocycles. The Morgan fingerprint density at radius 1 is 1.50 bits per heavy atom. The van der Waals surface area contributed by atoms with Crippen molar-refractivity contribution in [1.29, 1.82) is 5.26 Å². The molecular weight excluding hydrogens is 252 g/mol. The Morgan fingerprint density at radius 2 is 2.30 bits per heavy atom. The van der Waals surface area contributed by atoms with Crippen LogP contribution >= 0.6 is 0 Å². The van der Waals surface area contributed by atoms with Crippen LogP contribution in [0, 0.1) is 11.3 Å². The minimum absolute atomic E-state index is 0.0412. The average molecular weight is 272 g/mol. The standard InChI is InChI=1S/C15H20N4O/c1-3-17-14(20)10-19(4-2)15-12(9-16)8-11-6-5-7-13(11)18-15/h8H,3-7,10H2,1-2H3,(H,17,20). The Bertz CT molecular complexity index is 548. The number of amides is 1. The maximum Gasteiger partial charge on any atom is 0.239 e. The van der Waals surface area contributed by atoms with Gasteiger partial charge in [0.1, 0.15) is 11.9 Å². The van der Waals surface area contributed by atoms with Gasteiger partial charge in [-0.25, -0.2) is 4.98 Å². The number of carbonyl (C=O) groups is 1. The largest absolute Gasteiger partial charge is 0.355 e. The number of carbonyl (C=O) groups excluding carboxylic acids is 1. The van der Waals surface area contributed by atoms with Crippen molar-refractivity contribution < 1.29 is 4.79 Å². The smallest absolute Gasteiger partial charge is 0.239 e. The number of aromatic nitrogens is 1. The fourth-order valence-corrected chi connectivity index (χ4v) is 2.55. The number of aryl methyl sites for hydroxylation is 2. The van der Waals surface area contributed by atoms with Gasteiger partial charge in [0.2, 0.25) is 5.91 Å². The van der Waals surface area contributed by atoms with E-state index in [1.807, 2.05) is 24.8 Å². The first kappa shape index (κ1) is 14.3. The molecule has 1 aliphatic rings. The summed E-state index contributed by atoms with van der Waals surface area (Å²) in [5.74, 6) is 0.599. The van der Waals surface area contributed by atoms with E-state index < -0.39 is 0 Å². The summed E-state index contributed by atoms with van der Waals surface area (Å²) in [5.41, 5.74) is 2.82. The third kappa shape index (κ3) is 2.90. The Hall–Kier alpha value is -2.09. The zero-order valence-corrected chi connectivity index (χ0v) is 12.1. The Labute approximate surface area is 119 Å². The zero-order chi connectivity index (χ0) is 14.5. The minimum Gasteiger partial charge on any atom is -0.355 e. The summed E-state index contributed by atoms with van der Waals surface area (Å²) in [5, 5.41) is 12.1. The summed E-state index contributed by atoms with van der Waals surface area (Å²) in [7, 11) is 0. The van der Waals surface area contributed by atoms with Crippen LogP contribution in [0.15, 0.2) is 6.07 Å². The van der Waals surface area contributed by atoms with E-state index in [0.29, 0.717) is 24.5 Å². The summed E-state index contributed by atoms with van der Waals surface area (Å²) in [6.07, 6.45) is 3.06. The van der Waals surface area contributed by atoms with Crippen LogP contribution in [0.1, 0.15) is 37.1 Å². The van der Waals surface area contributed by atoms with Gasteiger partial charge in [0.15, 0.2) is 0 Å². The van der Waals surface area contributed by atoms with Gasteiger partial charge < -0.3 is 10.2 Å². The van der Waals surface area contributed by atoms with Crippen molar-refractivity contribution in [3.63, 3.8) is 0 Å². The number of rotatable bonds is 5. The lowest BCUT2D eigenvalue weighted by molar-refractivity contribution is -0.119. The molecule has 106 valence electrons. The molecule has 0 spiro atoms. The van der Waals surface area contributed by atoms with Crippen LogP contribution in [0.2, 0.25) is 0 Å². The zero-order valence-electron chi connectivity index (χ0n) is 12.1. The number of hydrogen-bond donors (Lipinski definition) is 1. The van der Waals surface area contributed by atoms with E-state index in [9.17, 15) is 10.1 Å². The van der Waals surface area contributed by atoms with E-state index in [1.54, 1.807) is 0 Å². The molecule has 0 bridgehead atoms. The molecule has 0 saturated heterocycles. The molecule has 0 fully saturated rings. The first-order valence-electron chi connectivity index (χ1n) is 7.14. The number of fused-ring (bicyclic) bond motifs is 1. The Morgan fingerprint density at radius 3 is 2.95 bits per heavy atom. The van der Waals surface area contributed by atoms with Crippen molar-refractivity contribution in [1.82, 2.24) is 10.3 Å². The van der Waals surface area contributed by atoms with Gasteiger partial charge in [-0.15, -0.1) is 0 Å². The molecule has 0 atom stereocenters. The van der Waals surface area contributed by atoms with Gasteiger partial charge in [-0.1, -0.05) is 0 Å². The molecule has 5 nitrogen and oxygen atoms in total. The summed E-state index contributed by atoms with van der Waals surface area (Å²) in [6.45, 7) is 5.36. The highest BCUT2D eigenvalue weighted by Crippen LogP contribution is 2.26. The van der Waals surface area contributed by atoms with Crippen LogP contribution in [-0.2, 0) is 17.6 Å². The molecule has 1 aromatic rings. The van der Waals surface area contributed by atoms with Crippen molar-refractivity contribution in [3.05, 3.63) is 22.9 Å². The lowest BCUT2D eigenvalue weighted by Gasteiger charge is -2.23. The van der Waals surface area contributed by atoms with Crippen LogP contribution in [0.25, 0.3) is 0 Å². The molecule has 1 amide bonds. The minimum atomic E-state index is -0.0412. The highest BCUT2D eigenvalue weighted by atomic mass is 16.2. The molecule has 0 saturated carbocycles. The molecule has 0 aromatic carbocycles. The molecule has 0 aliphatic heterocycles. The number of nitriles is 1. The predicted octanol–water partition coefficient (Wildman–Crippen LogP) is 1.40. The molecule has 2 rings (SSSR count). The highest BCUT2D eigenvalue weighted by Gasteiger charge is 2.20. The second kappa shape index (κ2) is 6.38. The molecule has 1 aromatic heterocycles. The molecular formula is C15H20N4O. The summed E-state index contributed by atoms with van der Waals surface area (Å²) in [4.78, 5) is 18.3. The molecule has 1 N–H and O–H groups in total. The topological polar surface area (TPSA) is 69.0 Å². The van der Waals surface area contributed by atoms with Crippen LogP contribution < -0.4 is 10.2 Å². The van der Waals surface area contributed by atoms with Crippen molar-refractivity contribution in [2.45, 2.75) is 33.1 Å². The van der Waals surface area contributed by atoms with E-state index in [0.717, 1.165) is 25.0 Å². The van der Waals surface area contributed by atoms with Gasteiger partial charge in [-0.2, -0.15) is 5.26 Å². The molecule has 5 heteroatoms. The normalized spacial score (nSPS) is 12.7. The fourth-order valence-electron chi connectivity index (χ4n) is 2.55. The van der Waals surface area contributed by atoms with Gasteiger partial charge >= 0.3 is 0 Å². The van der Waals surface area contributed by atoms with Crippen LogP contribution in [0.4, 0.5) is 5.82 Å². The predicted molar refractivity (Wildman–Crippen MR) is 77.5 cm³/mol. The number of likely N-dealkylation sites (N-methyl/N-ethyl adjacent to an activating group) is 2.